The van der Waals surface area contributed by atoms with Gasteiger partial charge in [0, 0.05) is 17.8 Å². The second-order valence-corrected chi connectivity index (χ2v) is 5.66. The van der Waals surface area contributed by atoms with E-state index in [0.29, 0.717) is 16.2 Å². The first-order chi connectivity index (χ1) is 11.3. The van der Waals surface area contributed by atoms with Crippen LogP contribution in [0.1, 0.15) is 35.7 Å². The SMILES string of the molecule is CCN1C(=O)C(=O)N(CC(=O)c2ccc3c(c2)[C@@H](C)C(=O)N3)C1=O. The molecule has 1 fully saturated rings. The van der Waals surface area contributed by atoms with Crippen LogP contribution >= 0.6 is 0 Å². The Morgan fingerprint density at radius 3 is 2.42 bits per heavy atom. The maximum atomic E-state index is 12.4. The van der Waals surface area contributed by atoms with Crippen LogP contribution in [0, 0.1) is 0 Å². The first kappa shape index (κ1) is 15.9. The minimum Gasteiger partial charge on any atom is -0.325 e. The number of nitrogens with one attached hydrogen (secondary N) is 1. The van der Waals surface area contributed by atoms with E-state index >= 15 is 0 Å². The molecule has 24 heavy (non-hydrogen) atoms. The molecule has 5 amide bonds. The zero-order valence-electron chi connectivity index (χ0n) is 13.2. The number of fused-ring (bicyclic) bond motifs is 1. The number of imide groups is 2. The number of nitrogens with zero attached hydrogens (tertiary/aromatic N) is 2. The van der Waals surface area contributed by atoms with Crippen molar-refractivity contribution in [3.8, 4) is 0 Å². The molecule has 0 bridgehead atoms. The smallest absolute Gasteiger partial charge is 0.325 e. The van der Waals surface area contributed by atoms with Gasteiger partial charge >= 0.3 is 17.8 Å². The molecule has 1 N–H and O–H groups in total. The molecule has 0 radical (unpaired) electrons. The number of benzene rings is 1. The highest BCUT2D eigenvalue weighted by atomic mass is 16.2. The van der Waals surface area contributed by atoms with Gasteiger partial charge in [-0.15, -0.1) is 0 Å². The summed E-state index contributed by atoms with van der Waals surface area (Å²) in [6, 6.07) is 3.92. The van der Waals surface area contributed by atoms with Gasteiger partial charge < -0.3 is 5.32 Å². The molecule has 0 aromatic heterocycles. The normalized spacial score (nSPS) is 19.8. The molecule has 124 valence electrons. The highest BCUT2D eigenvalue weighted by molar-refractivity contribution is 6.45. The summed E-state index contributed by atoms with van der Waals surface area (Å²) >= 11 is 0. The molecule has 1 saturated heterocycles. The Morgan fingerprint density at radius 1 is 1.12 bits per heavy atom. The van der Waals surface area contributed by atoms with Gasteiger partial charge in [0.25, 0.3) is 0 Å². The van der Waals surface area contributed by atoms with Gasteiger partial charge in [0.15, 0.2) is 5.78 Å². The summed E-state index contributed by atoms with van der Waals surface area (Å²) in [6.45, 7) is 2.85. The highest BCUT2D eigenvalue weighted by Crippen LogP contribution is 2.32. The summed E-state index contributed by atoms with van der Waals surface area (Å²) in [7, 11) is 0. The Balaban J connectivity index is 1.82. The van der Waals surface area contributed by atoms with Gasteiger partial charge in [-0.3, -0.25) is 24.1 Å². The molecule has 1 aromatic carbocycles. The number of rotatable bonds is 4. The monoisotopic (exact) mass is 329 g/mol. The van der Waals surface area contributed by atoms with Crippen LogP contribution in [-0.2, 0) is 14.4 Å². The maximum Gasteiger partial charge on any atom is 0.334 e. The van der Waals surface area contributed by atoms with Gasteiger partial charge in [0.1, 0.15) is 0 Å². The number of urea groups is 1. The van der Waals surface area contributed by atoms with Crippen molar-refractivity contribution >= 4 is 35.2 Å². The van der Waals surface area contributed by atoms with E-state index in [0.717, 1.165) is 4.90 Å². The summed E-state index contributed by atoms with van der Waals surface area (Å²) in [5.74, 6) is -2.92. The van der Waals surface area contributed by atoms with Gasteiger partial charge in [0.2, 0.25) is 5.91 Å². The van der Waals surface area contributed by atoms with Crippen molar-refractivity contribution in [2.24, 2.45) is 0 Å². The van der Waals surface area contributed by atoms with Crippen molar-refractivity contribution in [3.05, 3.63) is 29.3 Å². The number of anilines is 1. The Hall–Kier alpha value is -3.03. The van der Waals surface area contributed by atoms with Gasteiger partial charge in [-0.05, 0) is 37.6 Å². The fourth-order valence-corrected chi connectivity index (χ4v) is 2.79. The molecule has 3 rings (SSSR count). The highest BCUT2D eigenvalue weighted by Gasteiger charge is 2.44. The van der Waals surface area contributed by atoms with E-state index in [1.54, 1.807) is 26.0 Å². The van der Waals surface area contributed by atoms with Crippen molar-refractivity contribution in [1.82, 2.24) is 9.80 Å². The molecule has 0 aliphatic carbocycles. The van der Waals surface area contributed by atoms with E-state index in [1.807, 2.05) is 0 Å². The first-order valence-electron chi connectivity index (χ1n) is 7.50. The average Bonchev–Trinajstić information content (AvgIpc) is 2.96. The van der Waals surface area contributed by atoms with Crippen LogP contribution in [0.25, 0.3) is 0 Å². The molecular formula is C16H15N3O5. The van der Waals surface area contributed by atoms with Crippen LogP contribution in [0.15, 0.2) is 18.2 Å². The molecule has 1 atom stereocenters. The van der Waals surface area contributed by atoms with Crippen LogP contribution in [0.3, 0.4) is 0 Å². The van der Waals surface area contributed by atoms with E-state index in [4.69, 9.17) is 0 Å². The third-order valence-corrected chi connectivity index (χ3v) is 4.24. The lowest BCUT2D eigenvalue weighted by atomic mass is 9.99. The van der Waals surface area contributed by atoms with Crippen molar-refractivity contribution in [3.63, 3.8) is 0 Å². The quantitative estimate of drug-likeness (QED) is 0.498. The number of hydrogen-bond donors (Lipinski definition) is 1. The van der Waals surface area contributed by atoms with Crippen LogP contribution in [0.4, 0.5) is 10.5 Å². The third kappa shape index (κ3) is 2.27. The van der Waals surface area contributed by atoms with Crippen LogP contribution < -0.4 is 5.32 Å². The minimum atomic E-state index is -0.999. The Bertz CT molecular complexity index is 801. The topological polar surface area (TPSA) is 104 Å². The molecule has 8 nitrogen and oxygen atoms in total. The summed E-state index contributed by atoms with van der Waals surface area (Å²) in [5.41, 5.74) is 1.61. The van der Waals surface area contributed by atoms with Gasteiger partial charge in [-0.2, -0.15) is 0 Å². The molecule has 0 unspecified atom stereocenters. The Kier molecular flexibility index (Phi) is 3.67. The predicted octanol–water partition coefficient (Wildman–Crippen LogP) is 0.736. The van der Waals surface area contributed by atoms with E-state index in [2.05, 4.69) is 5.32 Å². The van der Waals surface area contributed by atoms with Crippen molar-refractivity contribution in [2.45, 2.75) is 19.8 Å². The molecule has 0 spiro atoms. The fourth-order valence-electron chi connectivity index (χ4n) is 2.79. The Morgan fingerprint density at radius 2 is 1.79 bits per heavy atom. The van der Waals surface area contributed by atoms with Gasteiger partial charge in [-0.25, -0.2) is 9.69 Å². The number of hydrogen-bond acceptors (Lipinski definition) is 5. The second-order valence-electron chi connectivity index (χ2n) is 5.66. The largest absolute Gasteiger partial charge is 0.334 e. The zero-order chi connectivity index (χ0) is 17.6. The van der Waals surface area contributed by atoms with Gasteiger partial charge in [0.05, 0.1) is 12.5 Å². The summed E-state index contributed by atoms with van der Waals surface area (Å²) < 4.78 is 0. The molecule has 2 aliphatic heterocycles. The maximum absolute atomic E-state index is 12.4. The van der Waals surface area contributed by atoms with E-state index in [-0.39, 0.29) is 23.9 Å². The number of Topliss-reactive ketones (excluding diaryl/α,β-unsaturated/α-hetero) is 1. The third-order valence-electron chi connectivity index (χ3n) is 4.24. The van der Waals surface area contributed by atoms with Crippen LogP contribution in [-0.4, -0.2) is 52.4 Å². The second kappa shape index (κ2) is 5.55. The summed E-state index contributed by atoms with van der Waals surface area (Å²) in [5, 5.41) is 2.70. The first-order valence-corrected chi connectivity index (χ1v) is 7.50. The lowest BCUT2D eigenvalue weighted by molar-refractivity contribution is -0.143. The average molecular weight is 329 g/mol. The van der Waals surface area contributed by atoms with Crippen molar-refractivity contribution < 1.29 is 24.0 Å². The lowest BCUT2D eigenvalue weighted by Crippen LogP contribution is -2.37. The molecule has 2 aliphatic rings. The number of likely N-dealkylation sites (N-methyl/N-ethyl adjacent to an activating group) is 1. The van der Waals surface area contributed by atoms with E-state index in [1.165, 1.54) is 6.07 Å². The standard InChI is InChI=1S/C16H15N3O5/c1-3-18-14(22)15(23)19(16(18)24)7-12(20)9-4-5-11-10(6-9)8(2)13(21)17-11/h4-6,8H,3,7H2,1-2H3,(H,17,21)/t8-/m1/s1. The molecular weight excluding hydrogens is 314 g/mol. The molecule has 2 heterocycles. The van der Waals surface area contributed by atoms with Crippen LogP contribution in [0.2, 0.25) is 0 Å². The predicted molar refractivity (Wildman–Crippen MR) is 82.3 cm³/mol. The number of ketones is 1. The summed E-state index contributed by atoms with van der Waals surface area (Å²) in [4.78, 5) is 61.0. The van der Waals surface area contributed by atoms with Crippen molar-refractivity contribution in [2.75, 3.05) is 18.4 Å². The fraction of sp³-hybridized carbons (Fsp3) is 0.312. The van der Waals surface area contributed by atoms with Crippen molar-refractivity contribution in [1.29, 1.82) is 0 Å². The molecule has 8 heteroatoms. The van der Waals surface area contributed by atoms with E-state index < -0.39 is 30.2 Å². The minimum absolute atomic E-state index is 0.0677. The Labute approximate surface area is 137 Å². The molecule has 1 aromatic rings. The van der Waals surface area contributed by atoms with E-state index in [9.17, 15) is 24.0 Å². The van der Waals surface area contributed by atoms with Crippen LogP contribution in [0.5, 0.6) is 0 Å². The lowest BCUT2D eigenvalue weighted by Gasteiger charge is -2.13. The van der Waals surface area contributed by atoms with Gasteiger partial charge in [-0.1, -0.05) is 0 Å². The number of carbonyl (C=O) groups is 5. The number of carbonyl (C=O) groups excluding carboxylic acids is 5. The number of amides is 5. The molecule has 0 saturated carbocycles. The zero-order valence-corrected chi connectivity index (χ0v) is 13.2. The summed E-state index contributed by atoms with van der Waals surface area (Å²) in [6.07, 6.45) is 0.